The van der Waals surface area contributed by atoms with Crippen LogP contribution in [0.5, 0.6) is 0 Å². The lowest BCUT2D eigenvalue weighted by atomic mass is 10.0. The van der Waals surface area contributed by atoms with Crippen LogP contribution >= 0.6 is 0 Å². The van der Waals surface area contributed by atoms with E-state index in [-0.39, 0.29) is 18.0 Å². The third-order valence-corrected chi connectivity index (χ3v) is 6.14. The Bertz CT molecular complexity index is 1380. The molecule has 1 amide bonds. The van der Waals surface area contributed by atoms with Crippen molar-refractivity contribution in [2.45, 2.75) is 25.9 Å². The van der Waals surface area contributed by atoms with Gasteiger partial charge in [0.05, 0.1) is 16.6 Å². The number of hydrogen-bond donors (Lipinski definition) is 1. The van der Waals surface area contributed by atoms with E-state index in [2.05, 4.69) is 16.3 Å². The molecular weight excluding hydrogens is 402 g/mol. The van der Waals surface area contributed by atoms with E-state index in [0.717, 1.165) is 41.5 Å². The van der Waals surface area contributed by atoms with Crippen LogP contribution in [0, 0.1) is 0 Å². The van der Waals surface area contributed by atoms with Crippen molar-refractivity contribution in [3.8, 4) is 11.5 Å². The summed E-state index contributed by atoms with van der Waals surface area (Å²) in [5.41, 5.74) is 3.69. The Kier molecular flexibility index (Phi) is 5.27. The summed E-state index contributed by atoms with van der Waals surface area (Å²) in [6, 6.07) is 15.6. The molecule has 7 heteroatoms. The van der Waals surface area contributed by atoms with Crippen LogP contribution in [0.25, 0.3) is 33.3 Å². The monoisotopic (exact) mass is 429 g/mol. The van der Waals surface area contributed by atoms with Gasteiger partial charge in [-0.15, -0.1) is 0 Å². The van der Waals surface area contributed by atoms with E-state index in [1.165, 1.54) is 0 Å². The van der Waals surface area contributed by atoms with E-state index in [4.69, 9.17) is 4.98 Å². The minimum Gasteiger partial charge on any atom is -0.355 e. The number of rotatable bonds is 6. The highest BCUT2D eigenvalue weighted by atomic mass is 16.2. The van der Waals surface area contributed by atoms with E-state index < -0.39 is 0 Å². The molecule has 2 aromatic heterocycles. The first-order chi connectivity index (χ1) is 15.5. The molecule has 0 saturated heterocycles. The largest absolute Gasteiger partial charge is 0.355 e. The minimum absolute atomic E-state index is 0.0267. The van der Waals surface area contributed by atoms with Crippen LogP contribution in [-0.4, -0.2) is 52.1 Å². The van der Waals surface area contributed by atoms with Gasteiger partial charge in [0.1, 0.15) is 6.54 Å². The molecule has 0 aliphatic carbocycles. The third kappa shape index (κ3) is 3.48. The quantitative estimate of drug-likeness (QED) is 0.479. The van der Waals surface area contributed by atoms with Crippen molar-refractivity contribution >= 4 is 27.7 Å². The highest BCUT2D eigenvalue weighted by molar-refractivity contribution is 5.93. The fraction of sp³-hybridized carbons (Fsp3) is 0.320. The van der Waals surface area contributed by atoms with Crippen molar-refractivity contribution in [2.75, 3.05) is 27.2 Å². The fourth-order valence-corrected chi connectivity index (χ4v) is 4.65. The summed E-state index contributed by atoms with van der Waals surface area (Å²) in [5.74, 6) is 0.610. The third-order valence-electron chi connectivity index (χ3n) is 6.14. The highest BCUT2D eigenvalue weighted by Crippen LogP contribution is 2.36. The van der Waals surface area contributed by atoms with Gasteiger partial charge in [0.2, 0.25) is 5.91 Å². The van der Waals surface area contributed by atoms with Gasteiger partial charge in [0.15, 0.2) is 5.82 Å². The second kappa shape index (κ2) is 8.24. The van der Waals surface area contributed by atoms with E-state index in [0.29, 0.717) is 29.8 Å². The topological polar surface area (TPSA) is 72.2 Å². The first kappa shape index (κ1) is 20.5. The molecule has 5 rings (SSSR count). The Hall–Kier alpha value is -3.45. The average molecular weight is 430 g/mol. The zero-order chi connectivity index (χ0) is 22.2. The maximum Gasteiger partial charge on any atom is 0.261 e. The molecule has 3 heterocycles. The fourth-order valence-electron chi connectivity index (χ4n) is 4.65. The van der Waals surface area contributed by atoms with Crippen molar-refractivity contribution in [3.05, 3.63) is 64.4 Å². The normalized spacial score (nSPS) is 12.8. The number of nitrogens with one attached hydrogen (secondary N) is 1. The lowest BCUT2D eigenvalue weighted by molar-refractivity contribution is -0.121. The Labute approximate surface area is 186 Å². The number of carbonyl (C=O) groups is 1. The molecule has 164 valence electrons. The van der Waals surface area contributed by atoms with Crippen LogP contribution < -0.4 is 10.9 Å². The number of para-hydroxylation sites is 2. The van der Waals surface area contributed by atoms with Gasteiger partial charge in [0.25, 0.3) is 5.56 Å². The molecule has 0 unspecified atom stereocenters. The van der Waals surface area contributed by atoms with Gasteiger partial charge in [-0.2, -0.15) is 0 Å². The van der Waals surface area contributed by atoms with Crippen molar-refractivity contribution in [3.63, 3.8) is 0 Å². The Morgan fingerprint density at radius 3 is 2.66 bits per heavy atom. The maximum atomic E-state index is 13.2. The Morgan fingerprint density at radius 2 is 1.84 bits per heavy atom. The van der Waals surface area contributed by atoms with E-state index >= 15 is 0 Å². The first-order valence-electron chi connectivity index (χ1n) is 11.1. The van der Waals surface area contributed by atoms with E-state index in [1.54, 1.807) is 4.57 Å². The summed E-state index contributed by atoms with van der Waals surface area (Å²) in [6.45, 7) is 2.34. The van der Waals surface area contributed by atoms with Crippen molar-refractivity contribution in [1.82, 2.24) is 24.3 Å². The van der Waals surface area contributed by atoms with Crippen LogP contribution in [0.15, 0.2) is 53.3 Å². The van der Waals surface area contributed by atoms with Crippen LogP contribution in [0.2, 0.25) is 0 Å². The molecule has 0 radical (unpaired) electrons. The minimum atomic E-state index is -0.0347. The molecule has 0 fully saturated rings. The predicted octanol–water partition coefficient (Wildman–Crippen LogP) is 2.64. The van der Waals surface area contributed by atoms with Gasteiger partial charge >= 0.3 is 0 Å². The Morgan fingerprint density at radius 1 is 1.09 bits per heavy atom. The molecule has 0 atom stereocenters. The van der Waals surface area contributed by atoms with Crippen LogP contribution in [-0.2, 0) is 24.3 Å². The van der Waals surface area contributed by atoms with E-state index in [9.17, 15) is 9.59 Å². The second-order valence-corrected chi connectivity index (χ2v) is 8.60. The number of carbonyl (C=O) groups excluding carboxylic acids is 1. The number of fused-ring (bicyclic) bond motifs is 6. The number of amides is 1. The van der Waals surface area contributed by atoms with Crippen molar-refractivity contribution in [2.24, 2.45) is 0 Å². The lowest BCUT2D eigenvalue weighted by Crippen LogP contribution is -2.32. The molecule has 7 nitrogen and oxygen atoms in total. The average Bonchev–Trinajstić information content (AvgIpc) is 3.11. The van der Waals surface area contributed by atoms with Crippen LogP contribution in [0.4, 0.5) is 0 Å². The van der Waals surface area contributed by atoms with Crippen LogP contribution in [0.3, 0.4) is 0 Å². The van der Waals surface area contributed by atoms with Gasteiger partial charge in [-0.25, -0.2) is 4.98 Å². The predicted molar refractivity (Wildman–Crippen MR) is 127 cm³/mol. The summed E-state index contributed by atoms with van der Waals surface area (Å²) in [4.78, 5) is 33.0. The van der Waals surface area contributed by atoms with Gasteiger partial charge in [-0.05, 0) is 57.2 Å². The summed E-state index contributed by atoms with van der Waals surface area (Å²) in [6.07, 6.45) is 1.63. The van der Waals surface area contributed by atoms with E-state index in [1.807, 2.05) is 61.1 Å². The molecule has 1 aliphatic rings. The molecule has 0 bridgehead atoms. The van der Waals surface area contributed by atoms with Gasteiger partial charge in [-0.3, -0.25) is 14.2 Å². The molecule has 0 spiro atoms. The smallest absolute Gasteiger partial charge is 0.261 e. The molecule has 0 saturated carbocycles. The highest BCUT2D eigenvalue weighted by Gasteiger charge is 2.27. The van der Waals surface area contributed by atoms with Crippen molar-refractivity contribution < 1.29 is 4.79 Å². The summed E-state index contributed by atoms with van der Waals surface area (Å²) in [7, 11) is 4.05. The molecule has 4 aromatic rings. The van der Waals surface area contributed by atoms with Gasteiger partial charge in [-0.1, -0.05) is 30.3 Å². The van der Waals surface area contributed by atoms with Gasteiger partial charge < -0.3 is 14.8 Å². The number of aryl methyl sites for hydroxylation is 1. The zero-order valence-electron chi connectivity index (χ0n) is 18.5. The van der Waals surface area contributed by atoms with Crippen molar-refractivity contribution in [1.29, 1.82) is 0 Å². The summed E-state index contributed by atoms with van der Waals surface area (Å²) in [5, 5.41) is 4.79. The molecule has 1 N–H and O–H groups in total. The summed E-state index contributed by atoms with van der Waals surface area (Å²) >= 11 is 0. The van der Waals surface area contributed by atoms with Crippen LogP contribution in [0.1, 0.15) is 12.0 Å². The number of benzene rings is 2. The number of aromatic nitrogens is 3. The summed E-state index contributed by atoms with van der Waals surface area (Å²) < 4.78 is 3.78. The lowest BCUT2D eigenvalue weighted by Gasteiger charge is -2.21. The molecular formula is C25H27N5O2. The maximum absolute atomic E-state index is 13.2. The zero-order valence-corrected chi connectivity index (χ0v) is 18.5. The molecule has 1 aliphatic heterocycles. The SMILES string of the molecule is CN(C)CCCNC(=O)Cn1c2c(c3ccccc31)CCn1c-2nc2ccccc2c1=O. The second-order valence-electron chi connectivity index (χ2n) is 8.60. The van der Waals surface area contributed by atoms with Gasteiger partial charge in [0, 0.05) is 24.0 Å². The molecule has 32 heavy (non-hydrogen) atoms. The standard InChI is InChI=1S/C25H27N5O2/c1-28(2)14-7-13-26-22(31)16-30-21-11-6-4-8-17(21)18-12-15-29-24(23(18)30)27-20-10-5-3-9-19(20)25(29)32/h3-6,8-11H,7,12-16H2,1-2H3,(H,26,31). The molecule has 2 aromatic carbocycles. The Balaban J connectivity index is 1.60. The first-order valence-corrected chi connectivity index (χ1v) is 11.1. The number of nitrogens with zero attached hydrogens (tertiary/aromatic N) is 4. The number of hydrogen-bond acceptors (Lipinski definition) is 4.